The van der Waals surface area contributed by atoms with E-state index < -0.39 is 4.92 Å². The third-order valence-electron chi connectivity index (χ3n) is 3.24. The molecule has 0 radical (unpaired) electrons. The standard InChI is InChI=1S/C15H19N3O3S2/c1-2-3-4-5-8-16-14(19)10-22-15-17-12-9-11(18(20)21)6-7-13(12)23-15/h6-7,9H,2-5,8,10H2,1H3,(H,16,19). The maximum atomic E-state index is 11.8. The topological polar surface area (TPSA) is 85.1 Å². The minimum absolute atomic E-state index is 0.00302. The van der Waals surface area contributed by atoms with Crippen molar-refractivity contribution >= 4 is 44.9 Å². The summed E-state index contributed by atoms with van der Waals surface area (Å²) in [6, 6.07) is 4.63. The number of nitro groups is 1. The molecule has 0 aliphatic heterocycles. The second-order valence-electron chi connectivity index (χ2n) is 5.09. The second kappa shape index (κ2) is 8.83. The number of unbranched alkanes of at least 4 members (excludes halogenated alkanes) is 3. The molecular weight excluding hydrogens is 334 g/mol. The largest absolute Gasteiger partial charge is 0.355 e. The SMILES string of the molecule is CCCCCCNC(=O)CSc1nc2cc([N+](=O)[O-])ccc2s1. The van der Waals surface area contributed by atoms with Gasteiger partial charge in [-0.2, -0.15) is 0 Å². The number of nitro benzene ring substituents is 1. The molecule has 1 heterocycles. The van der Waals surface area contributed by atoms with Crippen LogP contribution in [0.25, 0.3) is 10.2 Å². The number of non-ortho nitro benzene ring substituents is 1. The van der Waals surface area contributed by atoms with Crippen LogP contribution < -0.4 is 5.32 Å². The Balaban J connectivity index is 1.82. The van der Waals surface area contributed by atoms with Gasteiger partial charge in [-0.1, -0.05) is 37.9 Å². The van der Waals surface area contributed by atoms with E-state index in [9.17, 15) is 14.9 Å². The summed E-state index contributed by atoms with van der Waals surface area (Å²) in [5.74, 6) is 0.312. The third kappa shape index (κ3) is 5.47. The summed E-state index contributed by atoms with van der Waals surface area (Å²) in [7, 11) is 0. The Hall–Kier alpha value is -1.67. The van der Waals surface area contributed by atoms with Crippen molar-refractivity contribution in [3.63, 3.8) is 0 Å². The van der Waals surface area contributed by atoms with Crippen molar-refractivity contribution < 1.29 is 9.72 Å². The van der Waals surface area contributed by atoms with Crippen molar-refractivity contribution in [3.05, 3.63) is 28.3 Å². The molecular formula is C15H19N3O3S2. The normalized spacial score (nSPS) is 10.8. The molecule has 1 aromatic carbocycles. The van der Waals surface area contributed by atoms with Crippen LogP contribution in [-0.2, 0) is 4.79 Å². The van der Waals surface area contributed by atoms with Gasteiger partial charge in [-0.25, -0.2) is 4.98 Å². The van der Waals surface area contributed by atoms with Crippen LogP contribution in [0.15, 0.2) is 22.5 Å². The molecule has 8 heteroatoms. The number of fused-ring (bicyclic) bond motifs is 1. The van der Waals surface area contributed by atoms with Crippen LogP contribution in [-0.4, -0.2) is 28.1 Å². The zero-order valence-corrected chi connectivity index (χ0v) is 14.5. The number of nitrogens with one attached hydrogen (secondary N) is 1. The lowest BCUT2D eigenvalue weighted by Crippen LogP contribution is -2.26. The highest BCUT2D eigenvalue weighted by Crippen LogP contribution is 2.31. The lowest BCUT2D eigenvalue weighted by Gasteiger charge is -2.03. The van der Waals surface area contributed by atoms with E-state index in [0.29, 0.717) is 17.8 Å². The van der Waals surface area contributed by atoms with Gasteiger partial charge in [0, 0.05) is 18.7 Å². The monoisotopic (exact) mass is 353 g/mol. The van der Waals surface area contributed by atoms with Gasteiger partial charge in [-0.15, -0.1) is 11.3 Å². The van der Waals surface area contributed by atoms with Crippen LogP contribution >= 0.6 is 23.1 Å². The van der Waals surface area contributed by atoms with Gasteiger partial charge in [0.05, 0.1) is 20.9 Å². The Bertz CT molecular complexity index is 688. The fraction of sp³-hybridized carbons (Fsp3) is 0.467. The average molecular weight is 353 g/mol. The first-order valence-electron chi connectivity index (χ1n) is 7.54. The van der Waals surface area contributed by atoms with Crippen molar-refractivity contribution in [1.82, 2.24) is 10.3 Å². The fourth-order valence-electron chi connectivity index (χ4n) is 2.03. The van der Waals surface area contributed by atoms with Crippen LogP contribution in [0.2, 0.25) is 0 Å². The van der Waals surface area contributed by atoms with Gasteiger partial charge in [0.1, 0.15) is 0 Å². The molecule has 1 N–H and O–H groups in total. The first-order chi connectivity index (χ1) is 11.1. The summed E-state index contributed by atoms with van der Waals surface area (Å²) in [6.45, 7) is 2.87. The van der Waals surface area contributed by atoms with E-state index in [-0.39, 0.29) is 11.6 Å². The molecule has 0 spiro atoms. The van der Waals surface area contributed by atoms with Crippen molar-refractivity contribution in [3.8, 4) is 0 Å². The summed E-state index contributed by atoms with van der Waals surface area (Å²) in [5, 5.41) is 13.7. The van der Waals surface area contributed by atoms with Crippen LogP contribution in [0.3, 0.4) is 0 Å². The number of amides is 1. The maximum absolute atomic E-state index is 11.8. The van der Waals surface area contributed by atoms with E-state index >= 15 is 0 Å². The number of hydrogen-bond acceptors (Lipinski definition) is 6. The molecule has 2 rings (SSSR count). The van der Waals surface area contributed by atoms with Crippen LogP contribution in [0.1, 0.15) is 32.6 Å². The summed E-state index contributed by atoms with van der Waals surface area (Å²) in [5.41, 5.74) is 0.635. The van der Waals surface area contributed by atoms with Crippen LogP contribution in [0.4, 0.5) is 5.69 Å². The Labute approximate surface area is 142 Å². The Kier molecular flexibility index (Phi) is 6.79. The third-order valence-corrected chi connectivity index (χ3v) is 5.42. The van der Waals surface area contributed by atoms with Gasteiger partial charge < -0.3 is 5.32 Å². The number of aromatic nitrogens is 1. The Morgan fingerprint density at radius 2 is 2.22 bits per heavy atom. The van der Waals surface area contributed by atoms with Gasteiger partial charge in [0.2, 0.25) is 5.91 Å². The first-order valence-corrected chi connectivity index (χ1v) is 9.35. The molecule has 23 heavy (non-hydrogen) atoms. The Morgan fingerprint density at radius 1 is 1.39 bits per heavy atom. The molecule has 0 saturated heterocycles. The van der Waals surface area contributed by atoms with Gasteiger partial charge in [0.25, 0.3) is 5.69 Å². The lowest BCUT2D eigenvalue weighted by atomic mass is 10.2. The van der Waals surface area contributed by atoms with E-state index in [1.165, 1.54) is 48.1 Å². The first kappa shape index (κ1) is 17.7. The number of thioether (sulfide) groups is 1. The molecule has 0 aliphatic rings. The minimum atomic E-state index is -0.433. The van der Waals surface area contributed by atoms with E-state index in [1.807, 2.05) is 0 Å². The quantitative estimate of drug-likeness (QED) is 0.319. The average Bonchev–Trinajstić information content (AvgIpc) is 2.94. The van der Waals surface area contributed by atoms with Gasteiger partial charge in [-0.3, -0.25) is 14.9 Å². The van der Waals surface area contributed by atoms with Crippen LogP contribution in [0, 0.1) is 10.1 Å². The molecule has 2 aromatic rings. The predicted octanol–water partition coefficient (Wildman–Crippen LogP) is 3.99. The predicted molar refractivity (Wildman–Crippen MR) is 94.2 cm³/mol. The van der Waals surface area contributed by atoms with Crippen molar-refractivity contribution in [2.45, 2.75) is 36.9 Å². The molecule has 0 bridgehead atoms. The highest BCUT2D eigenvalue weighted by Gasteiger charge is 2.11. The van der Waals surface area contributed by atoms with Crippen molar-refractivity contribution in [1.29, 1.82) is 0 Å². The molecule has 1 amide bonds. The number of carbonyl (C=O) groups is 1. The summed E-state index contributed by atoms with van der Waals surface area (Å²) in [4.78, 5) is 26.4. The number of benzene rings is 1. The van der Waals surface area contributed by atoms with Gasteiger partial charge in [-0.05, 0) is 12.5 Å². The molecule has 124 valence electrons. The van der Waals surface area contributed by atoms with Crippen LogP contribution in [0.5, 0.6) is 0 Å². The molecule has 0 saturated carbocycles. The summed E-state index contributed by atoms with van der Waals surface area (Å²) < 4.78 is 1.64. The number of thiazole rings is 1. The molecule has 6 nitrogen and oxygen atoms in total. The molecule has 0 fully saturated rings. The number of rotatable bonds is 9. The second-order valence-corrected chi connectivity index (χ2v) is 7.34. The minimum Gasteiger partial charge on any atom is -0.355 e. The zero-order valence-electron chi connectivity index (χ0n) is 12.9. The van der Waals surface area contributed by atoms with E-state index in [0.717, 1.165) is 21.9 Å². The van der Waals surface area contributed by atoms with Gasteiger partial charge >= 0.3 is 0 Å². The van der Waals surface area contributed by atoms with Crippen molar-refractivity contribution in [2.24, 2.45) is 0 Å². The molecule has 0 unspecified atom stereocenters. The van der Waals surface area contributed by atoms with E-state index in [2.05, 4.69) is 17.2 Å². The van der Waals surface area contributed by atoms with Crippen molar-refractivity contribution in [2.75, 3.05) is 12.3 Å². The Morgan fingerprint density at radius 3 is 2.96 bits per heavy atom. The summed E-state index contributed by atoms with van der Waals surface area (Å²) >= 11 is 2.81. The lowest BCUT2D eigenvalue weighted by molar-refractivity contribution is -0.384. The van der Waals surface area contributed by atoms with Gasteiger partial charge in [0.15, 0.2) is 4.34 Å². The highest BCUT2D eigenvalue weighted by molar-refractivity contribution is 8.01. The smallest absolute Gasteiger partial charge is 0.271 e. The highest BCUT2D eigenvalue weighted by atomic mass is 32.2. The maximum Gasteiger partial charge on any atom is 0.271 e. The summed E-state index contributed by atoms with van der Waals surface area (Å²) in [6.07, 6.45) is 4.53. The molecule has 0 atom stereocenters. The molecule has 1 aromatic heterocycles. The van der Waals surface area contributed by atoms with E-state index in [1.54, 1.807) is 6.07 Å². The number of hydrogen-bond donors (Lipinski definition) is 1. The van der Waals surface area contributed by atoms with E-state index in [4.69, 9.17) is 0 Å². The number of nitrogens with zero attached hydrogens (tertiary/aromatic N) is 2. The number of carbonyl (C=O) groups excluding carboxylic acids is 1. The fourth-order valence-corrected chi connectivity index (χ4v) is 3.91. The molecule has 0 aliphatic carbocycles. The zero-order chi connectivity index (χ0) is 16.7.